The van der Waals surface area contributed by atoms with Gasteiger partial charge in [0.25, 0.3) is 0 Å². The molecule has 2 atom stereocenters. The van der Waals surface area contributed by atoms with E-state index in [0.717, 1.165) is 0 Å². The second kappa shape index (κ2) is 5.11. The Morgan fingerprint density at radius 3 is 2.45 bits per heavy atom. The number of nitrogens with one attached hydrogen (secondary N) is 1. The van der Waals surface area contributed by atoms with Crippen molar-refractivity contribution in [2.24, 2.45) is 5.41 Å². The van der Waals surface area contributed by atoms with Gasteiger partial charge in [-0.3, -0.25) is 4.79 Å². The van der Waals surface area contributed by atoms with Crippen LogP contribution < -0.4 is 5.32 Å². The quantitative estimate of drug-likeness (QED) is 0.757. The van der Waals surface area contributed by atoms with Gasteiger partial charge < -0.3 is 14.8 Å². The lowest BCUT2D eigenvalue weighted by molar-refractivity contribution is -0.145. The van der Waals surface area contributed by atoms with E-state index in [1.165, 1.54) is 6.08 Å². The molecule has 20 heavy (non-hydrogen) atoms. The maximum atomic E-state index is 12.1. The largest absolute Gasteiger partial charge is 0.463 e. The van der Waals surface area contributed by atoms with Gasteiger partial charge in [-0.05, 0) is 26.8 Å². The first-order valence-electron chi connectivity index (χ1n) is 6.54. The first-order valence-corrected chi connectivity index (χ1v) is 6.54. The van der Waals surface area contributed by atoms with Crippen LogP contribution in [-0.4, -0.2) is 37.1 Å². The van der Waals surface area contributed by atoms with Crippen molar-refractivity contribution in [3.63, 3.8) is 0 Å². The average molecular weight is 279 g/mol. The highest BCUT2D eigenvalue weighted by Crippen LogP contribution is 2.49. The second-order valence-electron chi connectivity index (χ2n) is 4.79. The number of amides is 1. The highest BCUT2D eigenvalue weighted by Gasteiger charge is 2.57. The average Bonchev–Trinajstić information content (AvgIpc) is 2.38. The maximum Gasteiger partial charge on any atom is 0.336 e. The van der Waals surface area contributed by atoms with Gasteiger partial charge in [-0.25, -0.2) is 9.59 Å². The smallest absolute Gasteiger partial charge is 0.336 e. The van der Waals surface area contributed by atoms with Gasteiger partial charge in [-0.2, -0.15) is 0 Å². The van der Waals surface area contributed by atoms with E-state index < -0.39 is 23.4 Å². The third kappa shape index (κ3) is 2.01. The monoisotopic (exact) mass is 279 g/mol. The molecule has 1 N–H and O–H groups in total. The molecule has 0 aromatic carbocycles. The van der Waals surface area contributed by atoms with Crippen molar-refractivity contribution < 1.29 is 23.9 Å². The van der Waals surface area contributed by atoms with Gasteiger partial charge in [0.2, 0.25) is 5.91 Å². The molecule has 0 spiro atoms. The number of esters is 2. The third-order valence-corrected chi connectivity index (χ3v) is 3.54. The summed E-state index contributed by atoms with van der Waals surface area (Å²) in [5.41, 5.74) is -0.271. The second-order valence-corrected chi connectivity index (χ2v) is 4.79. The van der Waals surface area contributed by atoms with Gasteiger partial charge in [0.1, 0.15) is 0 Å². The van der Waals surface area contributed by atoms with Crippen LogP contribution in [0.4, 0.5) is 0 Å². The van der Waals surface area contributed by atoms with Crippen LogP contribution in [0.15, 0.2) is 23.3 Å². The summed E-state index contributed by atoms with van der Waals surface area (Å²) in [5.74, 6) is -1.43. The van der Waals surface area contributed by atoms with Crippen LogP contribution in [0.5, 0.6) is 0 Å². The molecule has 1 amide bonds. The summed E-state index contributed by atoms with van der Waals surface area (Å²) in [6.45, 7) is 5.57. The molecule has 0 radical (unpaired) electrons. The van der Waals surface area contributed by atoms with Crippen molar-refractivity contribution in [1.29, 1.82) is 0 Å². The van der Waals surface area contributed by atoms with Crippen molar-refractivity contribution in [2.45, 2.75) is 26.8 Å². The molecule has 1 aliphatic carbocycles. The Hall–Kier alpha value is -2.11. The van der Waals surface area contributed by atoms with E-state index in [4.69, 9.17) is 9.47 Å². The summed E-state index contributed by atoms with van der Waals surface area (Å²) in [4.78, 5) is 35.5. The van der Waals surface area contributed by atoms with Gasteiger partial charge >= 0.3 is 11.9 Å². The summed E-state index contributed by atoms with van der Waals surface area (Å²) in [5, 5.41) is 2.68. The van der Waals surface area contributed by atoms with Crippen LogP contribution in [0.2, 0.25) is 0 Å². The highest BCUT2D eigenvalue weighted by atomic mass is 16.5. The molecular weight excluding hydrogens is 262 g/mol. The minimum Gasteiger partial charge on any atom is -0.463 e. The molecule has 0 saturated carbocycles. The number of carbonyl (C=O) groups is 3. The van der Waals surface area contributed by atoms with E-state index in [9.17, 15) is 14.4 Å². The zero-order valence-corrected chi connectivity index (χ0v) is 11.7. The molecule has 2 aliphatic rings. The fraction of sp³-hybridized carbons (Fsp3) is 0.500. The number of hydrogen-bond acceptors (Lipinski definition) is 5. The topological polar surface area (TPSA) is 81.7 Å². The van der Waals surface area contributed by atoms with E-state index in [1.54, 1.807) is 26.8 Å². The molecule has 0 saturated heterocycles. The minimum atomic E-state index is -0.720. The molecule has 108 valence electrons. The Bertz CT molecular complexity index is 534. The molecule has 0 aromatic heterocycles. The molecular formula is C14H17NO5. The molecule has 2 rings (SSSR count). The minimum absolute atomic E-state index is 0.186. The molecule has 1 heterocycles. The lowest BCUT2D eigenvalue weighted by atomic mass is 9.59. The van der Waals surface area contributed by atoms with E-state index in [-0.39, 0.29) is 30.3 Å². The number of fused-ring (bicyclic) bond motifs is 1. The van der Waals surface area contributed by atoms with Gasteiger partial charge in [0.05, 0.1) is 30.4 Å². The lowest BCUT2D eigenvalue weighted by Gasteiger charge is -2.48. The molecule has 1 aliphatic heterocycles. The van der Waals surface area contributed by atoms with E-state index in [1.807, 2.05) is 0 Å². The van der Waals surface area contributed by atoms with Crippen molar-refractivity contribution in [1.82, 2.24) is 5.32 Å². The molecule has 6 nitrogen and oxygen atoms in total. The molecule has 0 unspecified atom stereocenters. The van der Waals surface area contributed by atoms with Crippen LogP contribution in [0.1, 0.15) is 20.8 Å². The number of carbonyl (C=O) groups excluding carboxylic acids is 3. The molecule has 0 bridgehead atoms. The Labute approximate surface area is 116 Å². The standard InChI is InChI=1S/C14H17NO5/c1-4-19-12(17)9-10(13(18)20-5-2)14(3)7-6-8(16)15-11(9)14/h6-7,11H,4-5H2,1-3H3,(H,15,16)/t11-,14+/m1/s1. The Morgan fingerprint density at radius 1 is 1.25 bits per heavy atom. The highest BCUT2D eigenvalue weighted by molar-refractivity contribution is 6.08. The van der Waals surface area contributed by atoms with Gasteiger partial charge in [0, 0.05) is 5.41 Å². The van der Waals surface area contributed by atoms with E-state index in [2.05, 4.69) is 5.32 Å². The Morgan fingerprint density at radius 2 is 1.85 bits per heavy atom. The van der Waals surface area contributed by atoms with E-state index in [0.29, 0.717) is 0 Å². The molecule has 0 fully saturated rings. The van der Waals surface area contributed by atoms with Gasteiger partial charge in [0.15, 0.2) is 0 Å². The predicted octanol–water partition coefficient (Wildman–Crippen LogP) is 0.484. The third-order valence-electron chi connectivity index (χ3n) is 3.54. The fourth-order valence-electron chi connectivity index (χ4n) is 2.60. The van der Waals surface area contributed by atoms with Gasteiger partial charge in [-0.1, -0.05) is 6.08 Å². The predicted molar refractivity (Wildman–Crippen MR) is 69.5 cm³/mol. The first kappa shape index (κ1) is 14.3. The normalized spacial score (nSPS) is 27.4. The number of ether oxygens (including phenoxy) is 2. The lowest BCUT2D eigenvalue weighted by Crippen LogP contribution is -2.60. The zero-order valence-electron chi connectivity index (χ0n) is 11.7. The van der Waals surface area contributed by atoms with Crippen LogP contribution in [0.25, 0.3) is 0 Å². The number of rotatable bonds is 4. The van der Waals surface area contributed by atoms with Crippen LogP contribution in [-0.2, 0) is 23.9 Å². The summed E-state index contributed by atoms with van der Waals surface area (Å²) in [6, 6.07) is -0.543. The van der Waals surface area contributed by atoms with Crippen LogP contribution in [0.3, 0.4) is 0 Å². The van der Waals surface area contributed by atoms with Crippen molar-refractivity contribution in [3.05, 3.63) is 23.3 Å². The van der Waals surface area contributed by atoms with Gasteiger partial charge in [-0.15, -0.1) is 0 Å². The van der Waals surface area contributed by atoms with Crippen molar-refractivity contribution in [2.75, 3.05) is 13.2 Å². The molecule has 0 aromatic rings. The van der Waals surface area contributed by atoms with E-state index >= 15 is 0 Å². The Kier molecular flexibility index (Phi) is 3.65. The first-order chi connectivity index (χ1) is 9.45. The Balaban J connectivity index is 2.43. The zero-order chi connectivity index (χ0) is 14.9. The fourth-order valence-corrected chi connectivity index (χ4v) is 2.60. The van der Waals surface area contributed by atoms with Crippen LogP contribution in [0, 0.1) is 5.41 Å². The number of hydrogen-bond donors (Lipinski definition) is 1. The summed E-state index contributed by atoms with van der Waals surface area (Å²) in [7, 11) is 0. The SMILES string of the molecule is CCOC(=O)C1=C(C(=O)OCC)[C@]2(C)C=CC(=O)N[C@H]12. The summed E-state index contributed by atoms with van der Waals surface area (Å²) < 4.78 is 9.95. The summed E-state index contributed by atoms with van der Waals surface area (Å²) >= 11 is 0. The molecule has 6 heteroatoms. The van der Waals surface area contributed by atoms with Crippen LogP contribution >= 0.6 is 0 Å². The maximum absolute atomic E-state index is 12.1. The van der Waals surface area contributed by atoms with Crippen molar-refractivity contribution >= 4 is 17.8 Å². The summed E-state index contributed by atoms with van der Waals surface area (Å²) in [6.07, 6.45) is 2.99. The van der Waals surface area contributed by atoms with Crippen molar-refractivity contribution in [3.8, 4) is 0 Å².